The van der Waals surface area contributed by atoms with E-state index >= 15 is 0 Å². The van der Waals surface area contributed by atoms with Crippen LogP contribution in [-0.2, 0) is 0 Å². The van der Waals surface area contributed by atoms with Crippen LogP contribution < -0.4 is 5.32 Å². The van der Waals surface area contributed by atoms with Crippen LogP contribution in [0.15, 0.2) is 142 Å². The second-order valence-corrected chi connectivity index (χ2v) is 9.84. The average Bonchev–Trinajstić information content (AvgIpc) is 3.56. The maximum absolute atomic E-state index is 6.23. The van der Waals surface area contributed by atoms with E-state index < -0.39 is 0 Å². The van der Waals surface area contributed by atoms with E-state index in [2.05, 4.69) is 102 Å². The predicted molar refractivity (Wildman–Crippen MR) is 162 cm³/mol. The topological polar surface area (TPSA) is 38.3 Å². The van der Waals surface area contributed by atoms with E-state index in [1.54, 1.807) is 0 Å². The number of furan rings is 2. The van der Waals surface area contributed by atoms with E-state index in [-0.39, 0.29) is 0 Å². The van der Waals surface area contributed by atoms with Crippen molar-refractivity contribution >= 4 is 55.3 Å². The molecule has 0 saturated carbocycles. The summed E-state index contributed by atoms with van der Waals surface area (Å²) in [4.78, 5) is 0. The van der Waals surface area contributed by atoms with Crippen LogP contribution >= 0.6 is 0 Å². The molecule has 0 unspecified atom stereocenters. The lowest BCUT2D eigenvalue weighted by molar-refractivity contribution is 0.668. The third-order valence-corrected chi connectivity index (χ3v) is 7.45. The summed E-state index contributed by atoms with van der Waals surface area (Å²) >= 11 is 0. The second kappa shape index (κ2) is 8.64. The van der Waals surface area contributed by atoms with Crippen LogP contribution in [0.1, 0.15) is 0 Å². The monoisotopic (exact) mass is 501 g/mol. The molecule has 0 aliphatic heterocycles. The van der Waals surface area contributed by atoms with Crippen molar-refractivity contribution in [2.24, 2.45) is 0 Å². The van der Waals surface area contributed by atoms with E-state index in [1.807, 2.05) is 36.4 Å². The first-order valence-electron chi connectivity index (χ1n) is 13.1. The molecule has 2 aromatic heterocycles. The van der Waals surface area contributed by atoms with Gasteiger partial charge in [0.15, 0.2) is 0 Å². The fourth-order valence-electron chi connectivity index (χ4n) is 5.69. The summed E-state index contributed by atoms with van der Waals surface area (Å²) in [6.07, 6.45) is 0. The molecule has 8 rings (SSSR count). The number of anilines is 2. The number of benzene rings is 6. The number of nitrogens with one attached hydrogen (secondary N) is 1. The Morgan fingerprint density at radius 1 is 0.385 bits per heavy atom. The smallest absolute Gasteiger partial charge is 0.136 e. The molecule has 0 saturated heterocycles. The molecule has 0 bridgehead atoms. The maximum atomic E-state index is 6.23. The van der Waals surface area contributed by atoms with Crippen molar-refractivity contribution in [1.82, 2.24) is 0 Å². The van der Waals surface area contributed by atoms with Gasteiger partial charge in [0.05, 0.1) is 0 Å². The molecule has 6 aromatic carbocycles. The summed E-state index contributed by atoms with van der Waals surface area (Å²) in [5.74, 6) is 0. The van der Waals surface area contributed by atoms with Crippen LogP contribution in [0.25, 0.3) is 66.1 Å². The van der Waals surface area contributed by atoms with Crippen molar-refractivity contribution < 1.29 is 8.83 Å². The molecule has 0 fully saturated rings. The van der Waals surface area contributed by atoms with Gasteiger partial charge in [0.2, 0.25) is 0 Å². The van der Waals surface area contributed by atoms with Gasteiger partial charge in [-0.3, -0.25) is 0 Å². The molecular weight excluding hydrogens is 478 g/mol. The number of fused-ring (bicyclic) bond motifs is 6. The molecule has 1 N–H and O–H groups in total. The molecule has 3 nitrogen and oxygen atoms in total. The summed E-state index contributed by atoms with van der Waals surface area (Å²) in [5, 5.41) is 8.08. The molecule has 0 aliphatic rings. The largest absolute Gasteiger partial charge is 0.456 e. The molecule has 3 heteroatoms. The van der Waals surface area contributed by atoms with E-state index in [4.69, 9.17) is 8.83 Å². The maximum Gasteiger partial charge on any atom is 0.136 e. The molecule has 39 heavy (non-hydrogen) atoms. The van der Waals surface area contributed by atoms with Gasteiger partial charge in [-0.15, -0.1) is 0 Å². The molecule has 184 valence electrons. The Hall–Kier alpha value is -5.28. The summed E-state index contributed by atoms with van der Waals surface area (Å²) in [6, 6.07) is 46.1. The Morgan fingerprint density at radius 2 is 0.846 bits per heavy atom. The summed E-state index contributed by atoms with van der Waals surface area (Å²) in [5.41, 5.74) is 10.2. The lowest BCUT2D eigenvalue weighted by Crippen LogP contribution is -1.89. The number of hydrogen-bond donors (Lipinski definition) is 1. The minimum atomic E-state index is 0.878. The molecule has 8 aromatic rings. The Labute approximate surface area is 224 Å². The van der Waals surface area contributed by atoms with E-state index in [0.29, 0.717) is 0 Å². The summed E-state index contributed by atoms with van der Waals surface area (Å²) in [6.45, 7) is 0. The molecule has 0 amide bonds. The first-order chi connectivity index (χ1) is 19.3. The minimum Gasteiger partial charge on any atom is -0.456 e. The lowest BCUT2D eigenvalue weighted by Gasteiger charge is -2.08. The van der Waals surface area contributed by atoms with Gasteiger partial charge in [0.25, 0.3) is 0 Å². The second-order valence-electron chi connectivity index (χ2n) is 9.84. The van der Waals surface area contributed by atoms with Crippen molar-refractivity contribution in [3.8, 4) is 22.3 Å². The Morgan fingerprint density at radius 3 is 1.31 bits per heavy atom. The molecule has 2 heterocycles. The van der Waals surface area contributed by atoms with Crippen LogP contribution in [0.2, 0.25) is 0 Å². The van der Waals surface area contributed by atoms with Crippen molar-refractivity contribution in [2.75, 3.05) is 5.32 Å². The van der Waals surface area contributed by atoms with Gasteiger partial charge in [0.1, 0.15) is 22.3 Å². The third-order valence-electron chi connectivity index (χ3n) is 7.45. The number of hydrogen-bond acceptors (Lipinski definition) is 3. The first-order valence-corrected chi connectivity index (χ1v) is 13.1. The lowest BCUT2D eigenvalue weighted by atomic mass is 9.99. The van der Waals surface area contributed by atoms with Crippen LogP contribution in [0.3, 0.4) is 0 Å². The zero-order chi connectivity index (χ0) is 25.8. The fourth-order valence-corrected chi connectivity index (χ4v) is 5.69. The van der Waals surface area contributed by atoms with Gasteiger partial charge in [-0.05, 0) is 70.8 Å². The van der Waals surface area contributed by atoms with Crippen LogP contribution in [-0.4, -0.2) is 0 Å². The van der Waals surface area contributed by atoms with Gasteiger partial charge >= 0.3 is 0 Å². The Kier molecular flexibility index (Phi) is 4.82. The van der Waals surface area contributed by atoms with Crippen molar-refractivity contribution in [1.29, 1.82) is 0 Å². The number of rotatable bonds is 4. The molecule has 0 aliphatic carbocycles. The zero-order valence-electron chi connectivity index (χ0n) is 21.0. The highest BCUT2D eigenvalue weighted by atomic mass is 16.3. The quantitative estimate of drug-likeness (QED) is 0.261. The molecule has 0 radical (unpaired) electrons. The van der Waals surface area contributed by atoms with E-state index in [1.165, 1.54) is 22.3 Å². The Balaban J connectivity index is 1.25. The highest BCUT2D eigenvalue weighted by molar-refractivity contribution is 6.14. The highest BCUT2D eigenvalue weighted by Gasteiger charge is 2.15. The fraction of sp³-hybridized carbons (Fsp3) is 0. The standard InChI is InChI=1S/C36H23NO2/c1-3-9-23(10-4-1)27-13-7-15-33-35(27)29-21-25(17-19-31(29)38-33)37-26-18-20-32-30(22-26)36-28(14-8-16-34(36)39-32)24-11-5-2-6-12-24/h1-22,37H. The van der Waals surface area contributed by atoms with Crippen molar-refractivity contribution in [3.63, 3.8) is 0 Å². The third kappa shape index (κ3) is 3.59. The van der Waals surface area contributed by atoms with Crippen LogP contribution in [0.4, 0.5) is 11.4 Å². The normalized spacial score (nSPS) is 11.6. The molecular formula is C36H23NO2. The Bertz CT molecular complexity index is 1980. The van der Waals surface area contributed by atoms with Gasteiger partial charge in [0, 0.05) is 32.9 Å². The zero-order valence-corrected chi connectivity index (χ0v) is 21.0. The highest BCUT2D eigenvalue weighted by Crippen LogP contribution is 2.40. The van der Waals surface area contributed by atoms with Crippen molar-refractivity contribution in [3.05, 3.63) is 133 Å². The molecule has 0 atom stereocenters. The average molecular weight is 502 g/mol. The van der Waals surface area contributed by atoms with E-state index in [9.17, 15) is 0 Å². The van der Waals surface area contributed by atoms with Crippen LogP contribution in [0, 0.1) is 0 Å². The van der Waals surface area contributed by atoms with E-state index in [0.717, 1.165) is 55.3 Å². The van der Waals surface area contributed by atoms with Crippen molar-refractivity contribution in [2.45, 2.75) is 0 Å². The minimum absolute atomic E-state index is 0.878. The first kappa shape index (κ1) is 21.8. The van der Waals surface area contributed by atoms with Gasteiger partial charge in [-0.2, -0.15) is 0 Å². The molecule has 0 spiro atoms. The summed E-state index contributed by atoms with van der Waals surface area (Å²) in [7, 11) is 0. The predicted octanol–water partition coefficient (Wildman–Crippen LogP) is 10.6. The van der Waals surface area contributed by atoms with Gasteiger partial charge < -0.3 is 14.2 Å². The SMILES string of the molecule is c1ccc(-c2cccc3oc4ccc(Nc5ccc6oc7cccc(-c8ccccc8)c7c6c5)cc4c23)cc1. The van der Waals surface area contributed by atoms with Gasteiger partial charge in [-0.25, -0.2) is 0 Å². The van der Waals surface area contributed by atoms with Crippen LogP contribution in [0.5, 0.6) is 0 Å². The van der Waals surface area contributed by atoms with Gasteiger partial charge in [-0.1, -0.05) is 84.9 Å². The summed E-state index contributed by atoms with van der Waals surface area (Å²) < 4.78 is 12.5.